The Kier molecular flexibility index (Phi) is 3.86. The van der Waals surface area contributed by atoms with Crippen molar-refractivity contribution in [3.8, 4) is 0 Å². The number of fused-ring (bicyclic) bond motifs is 3. The molecule has 0 nitrogen and oxygen atoms in total. The van der Waals surface area contributed by atoms with Crippen LogP contribution in [0.2, 0.25) is 0 Å². The third kappa shape index (κ3) is 2.40. The second kappa shape index (κ2) is 6.71. The molecule has 0 aliphatic heterocycles. The predicted molar refractivity (Wildman–Crippen MR) is 125 cm³/mol. The molecular formula is C30H22. The van der Waals surface area contributed by atoms with Crippen LogP contribution < -0.4 is 0 Å². The zero-order chi connectivity index (χ0) is 20.0. The highest BCUT2D eigenvalue weighted by Gasteiger charge is 2.43. The fraction of sp³-hybridized carbons (Fsp3) is 0.0667. The maximum atomic E-state index is 2.39. The topological polar surface area (TPSA) is 0 Å². The quantitative estimate of drug-likeness (QED) is 0.299. The fourth-order valence-corrected chi connectivity index (χ4v) is 5.33. The first-order valence-corrected chi connectivity index (χ1v) is 10.6. The highest BCUT2D eigenvalue weighted by atomic mass is 14.4. The van der Waals surface area contributed by atoms with Gasteiger partial charge in [-0.15, -0.1) is 0 Å². The molecule has 0 unspecified atom stereocenters. The van der Waals surface area contributed by atoms with E-state index in [4.69, 9.17) is 0 Å². The summed E-state index contributed by atoms with van der Waals surface area (Å²) in [5, 5.41) is 2.56. The number of rotatable bonds is 2. The minimum Gasteiger partial charge on any atom is -0.0622 e. The largest absolute Gasteiger partial charge is 0.0707 e. The summed E-state index contributed by atoms with van der Waals surface area (Å²) in [6, 6.07) is 44.6. The highest BCUT2D eigenvalue weighted by molar-refractivity contribution is 5.84. The molecule has 0 radical (unpaired) electrons. The Hall–Kier alpha value is -3.64. The minimum atomic E-state index is -0.323. The third-order valence-electron chi connectivity index (χ3n) is 6.61. The fourth-order valence-electron chi connectivity index (χ4n) is 5.33. The summed E-state index contributed by atoms with van der Waals surface area (Å²) in [6.45, 7) is 0. The Morgan fingerprint density at radius 2 is 1.00 bits per heavy atom. The van der Waals surface area contributed by atoms with Crippen molar-refractivity contribution in [1.82, 2.24) is 0 Å². The van der Waals surface area contributed by atoms with Gasteiger partial charge in [0.25, 0.3) is 0 Å². The van der Waals surface area contributed by atoms with Gasteiger partial charge in [-0.05, 0) is 56.6 Å². The molecule has 0 saturated heterocycles. The van der Waals surface area contributed by atoms with Gasteiger partial charge in [-0.25, -0.2) is 0 Å². The second-order valence-electron chi connectivity index (χ2n) is 8.17. The van der Waals surface area contributed by atoms with Crippen molar-refractivity contribution >= 4 is 10.8 Å². The lowest BCUT2D eigenvalue weighted by Crippen LogP contribution is -2.36. The minimum absolute atomic E-state index is 0.323. The van der Waals surface area contributed by atoms with Crippen LogP contribution in [0.15, 0.2) is 121 Å². The average Bonchev–Trinajstić information content (AvgIpc) is 2.83. The van der Waals surface area contributed by atoms with Crippen LogP contribution in [0.5, 0.6) is 0 Å². The molecule has 0 amide bonds. The van der Waals surface area contributed by atoms with Gasteiger partial charge in [-0.3, -0.25) is 0 Å². The molecule has 0 atom stereocenters. The summed E-state index contributed by atoms with van der Waals surface area (Å²) in [5.74, 6) is 0. The Balaban J connectivity index is 1.79. The highest BCUT2D eigenvalue weighted by Crippen LogP contribution is 2.51. The van der Waals surface area contributed by atoms with E-state index in [1.54, 1.807) is 0 Å². The van der Waals surface area contributed by atoms with Crippen molar-refractivity contribution in [3.05, 3.63) is 155 Å². The van der Waals surface area contributed by atoms with Crippen LogP contribution >= 0.6 is 0 Å². The Labute approximate surface area is 177 Å². The lowest BCUT2D eigenvalue weighted by molar-refractivity contribution is 0.704. The molecule has 30 heavy (non-hydrogen) atoms. The summed E-state index contributed by atoms with van der Waals surface area (Å²) in [5.41, 5.74) is 7.93. The average molecular weight is 383 g/mol. The standard InChI is InChI=1S/C30H22/c1-2-14-26(15-3-1)30(27-19-18-22-10-4-5-11-23(22)21-27)28-16-8-6-12-24(28)20-25-13-7-9-17-29(25)30/h1-19,21H,20H2. The summed E-state index contributed by atoms with van der Waals surface area (Å²) >= 11 is 0. The molecule has 1 aliphatic carbocycles. The molecule has 0 saturated carbocycles. The van der Waals surface area contributed by atoms with Crippen LogP contribution in [-0.2, 0) is 11.8 Å². The first kappa shape index (κ1) is 17.2. The lowest BCUT2D eigenvalue weighted by atomic mass is 9.59. The van der Waals surface area contributed by atoms with Gasteiger partial charge in [0.05, 0.1) is 5.41 Å². The van der Waals surface area contributed by atoms with E-state index in [1.807, 2.05) is 0 Å². The van der Waals surface area contributed by atoms with Gasteiger partial charge in [-0.2, -0.15) is 0 Å². The number of benzene rings is 5. The summed E-state index contributed by atoms with van der Waals surface area (Å²) in [7, 11) is 0. The summed E-state index contributed by atoms with van der Waals surface area (Å²) in [6.07, 6.45) is 0.981. The Morgan fingerprint density at radius 1 is 0.433 bits per heavy atom. The van der Waals surface area contributed by atoms with Crippen LogP contribution in [0.4, 0.5) is 0 Å². The third-order valence-corrected chi connectivity index (χ3v) is 6.61. The van der Waals surface area contributed by atoms with Gasteiger partial charge >= 0.3 is 0 Å². The van der Waals surface area contributed by atoms with E-state index in [0.717, 1.165) is 6.42 Å². The molecule has 142 valence electrons. The molecule has 1 aliphatic rings. The molecule has 0 fully saturated rings. The summed E-state index contributed by atoms with van der Waals surface area (Å²) < 4.78 is 0. The van der Waals surface area contributed by atoms with Crippen LogP contribution in [0.25, 0.3) is 10.8 Å². The first-order chi connectivity index (χ1) is 14.9. The zero-order valence-corrected chi connectivity index (χ0v) is 16.8. The SMILES string of the molecule is c1ccc(C2(c3ccc4ccccc4c3)c3ccccc3Cc3ccccc32)cc1. The van der Waals surface area contributed by atoms with Crippen LogP contribution in [-0.4, -0.2) is 0 Å². The van der Waals surface area contributed by atoms with Gasteiger partial charge in [0.15, 0.2) is 0 Å². The molecule has 6 rings (SSSR count). The van der Waals surface area contributed by atoms with Crippen molar-refractivity contribution in [2.45, 2.75) is 11.8 Å². The smallest absolute Gasteiger partial charge is 0.0622 e. The van der Waals surface area contributed by atoms with E-state index in [1.165, 1.54) is 44.2 Å². The van der Waals surface area contributed by atoms with E-state index in [-0.39, 0.29) is 5.41 Å². The molecule has 0 aromatic heterocycles. The van der Waals surface area contributed by atoms with Crippen molar-refractivity contribution in [1.29, 1.82) is 0 Å². The van der Waals surface area contributed by atoms with Crippen molar-refractivity contribution in [3.63, 3.8) is 0 Å². The van der Waals surface area contributed by atoms with Crippen LogP contribution in [0.1, 0.15) is 33.4 Å². The Bertz CT molecular complexity index is 1320. The molecule has 0 bridgehead atoms. The van der Waals surface area contributed by atoms with Crippen LogP contribution in [0, 0.1) is 0 Å². The van der Waals surface area contributed by atoms with Gasteiger partial charge in [-0.1, -0.05) is 115 Å². The van der Waals surface area contributed by atoms with E-state index < -0.39 is 0 Å². The number of hydrogen-bond donors (Lipinski definition) is 0. The van der Waals surface area contributed by atoms with Gasteiger partial charge in [0, 0.05) is 0 Å². The van der Waals surface area contributed by atoms with Crippen LogP contribution in [0.3, 0.4) is 0 Å². The molecule has 0 spiro atoms. The van der Waals surface area contributed by atoms with Gasteiger partial charge in [0.2, 0.25) is 0 Å². The van der Waals surface area contributed by atoms with Crippen molar-refractivity contribution < 1.29 is 0 Å². The maximum Gasteiger partial charge on any atom is 0.0707 e. The summed E-state index contributed by atoms with van der Waals surface area (Å²) in [4.78, 5) is 0. The molecule has 5 aromatic carbocycles. The van der Waals surface area contributed by atoms with E-state index >= 15 is 0 Å². The van der Waals surface area contributed by atoms with Gasteiger partial charge < -0.3 is 0 Å². The first-order valence-electron chi connectivity index (χ1n) is 10.6. The zero-order valence-electron chi connectivity index (χ0n) is 16.8. The number of hydrogen-bond acceptors (Lipinski definition) is 0. The lowest BCUT2D eigenvalue weighted by Gasteiger charge is -2.42. The van der Waals surface area contributed by atoms with E-state index in [9.17, 15) is 0 Å². The monoisotopic (exact) mass is 382 g/mol. The van der Waals surface area contributed by atoms with E-state index in [0.29, 0.717) is 0 Å². The second-order valence-corrected chi connectivity index (χ2v) is 8.17. The molecular weight excluding hydrogens is 360 g/mol. The predicted octanol–water partition coefficient (Wildman–Crippen LogP) is 7.13. The van der Waals surface area contributed by atoms with Crippen molar-refractivity contribution in [2.24, 2.45) is 0 Å². The van der Waals surface area contributed by atoms with E-state index in [2.05, 4.69) is 121 Å². The molecule has 0 heteroatoms. The molecule has 0 heterocycles. The maximum absolute atomic E-state index is 2.39. The molecule has 0 N–H and O–H groups in total. The molecule has 5 aromatic rings. The normalized spacial score (nSPS) is 14.1. The van der Waals surface area contributed by atoms with Crippen molar-refractivity contribution in [2.75, 3.05) is 0 Å². The van der Waals surface area contributed by atoms with Gasteiger partial charge in [0.1, 0.15) is 0 Å². The Morgan fingerprint density at radius 3 is 1.70 bits per heavy atom.